The van der Waals surface area contributed by atoms with Gasteiger partial charge in [0.05, 0.1) is 6.10 Å². The van der Waals surface area contributed by atoms with Crippen LogP contribution in [0, 0.1) is 0 Å². The lowest BCUT2D eigenvalue weighted by atomic mass is 10.1. The summed E-state index contributed by atoms with van der Waals surface area (Å²) in [7, 11) is 0. The molecule has 0 aromatic heterocycles. The zero-order valence-electron chi connectivity index (χ0n) is 6.50. The molecule has 1 aromatic rings. The Bertz CT molecular complexity index is 250. The van der Waals surface area contributed by atoms with Crippen LogP contribution in [0.1, 0.15) is 18.1 Å². The molecular formula is C9H10Cl2O. The minimum Gasteiger partial charge on any atom is -0.388 e. The van der Waals surface area contributed by atoms with Crippen LogP contribution in [-0.4, -0.2) is 11.0 Å². The maximum absolute atomic E-state index is 9.53. The van der Waals surface area contributed by atoms with Crippen molar-refractivity contribution in [1.82, 2.24) is 0 Å². The molecule has 0 heterocycles. The largest absolute Gasteiger partial charge is 0.388 e. The summed E-state index contributed by atoms with van der Waals surface area (Å²) in [6.45, 7) is 0. The Balaban J connectivity index is 2.79. The van der Waals surface area contributed by atoms with Gasteiger partial charge in [-0.25, -0.2) is 0 Å². The number of hydrogen-bond donors (Lipinski definition) is 1. The molecule has 0 aliphatic carbocycles. The zero-order chi connectivity index (χ0) is 8.97. The Hall–Kier alpha value is -0.240. The third kappa shape index (κ3) is 2.37. The Morgan fingerprint density at radius 3 is 2.58 bits per heavy atom. The zero-order valence-corrected chi connectivity index (χ0v) is 8.02. The van der Waals surface area contributed by atoms with E-state index in [9.17, 15) is 5.11 Å². The first kappa shape index (κ1) is 9.85. The number of aliphatic hydroxyl groups excluding tert-OH is 1. The van der Waals surface area contributed by atoms with E-state index in [0.29, 0.717) is 17.3 Å². The van der Waals surface area contributed by atoms with E-state index in [4.69, 9.17) is 23.2 Å². The van der Waals surface area contributed by atoms with E-state index >= 15 is 0 Å². The van der Waals surface area contributed by atoms with E-state index in [1.807, 2.05) is 12.1 Å². The third-order valence-electron chi connectivity index (χ3n) is 1.65. The van der Waals surface area contributed by atoms with Crippen LogP contribution in [0.5, 0.6) is 0 Å². The van der Waals surface area contributed by atoms with E-state index in [0.717, 1.165) is 5.56 Å². The minimum absolute atomic E-state index is 0.437. The highest BCUT2D eigenvalue weighted by molar-refractivity contribution is 6.31. The molecule has 0 saturated heterocycles. The van der Waals surface area contributed by atoms with E-state index in [1.54, 1.807) is 12.1 Å². The predicted molar refractivity (Wildman–Crippen MR) is 51.7 cm³/mol. The molecule has 0 saturated carbocycles. The molecule has 0 bridgehead atoms. The summed E-state index contributed by atoms with van der Waals surface area (Å²) in [5.41, 5.74) is 0.750. The number of halogens is 2. The fraction of sp³-hybridized carbons (Fsp3) is 0.333. The van der Waals surface area contributed by atoms with Crippen molar-refractivity contribution in [3.63, 3.8) is 0 Å². The van der Waals surface area contributed by atoms with Gasteiger partial charge >= 0.3 is 0 Å². The summed E-state index contributed by atoms with van der Waals surface area (Å²) in [5.74, 6) is 0.437. The lowest BCUT2D eigenvalue weighted by molar-refractivity contribution is 0.175. The van der Waals surface area contributed by atoms with Crippen molar-refractivity contribution in [2.45, 2.75) is 12.5 Å². The molecule has 66 valence electrons. The predicted octanol–water partition coefficient (Wildman–Crippen LogP) is 3.00. The first-order chi connectivity index (χ1) is 5.75. The quantitative estimate of drug-likeness (QED) is 0.752. The van der Waals surface area contributed by atoms with Gasteiger partial charge in [0.15, 0.2) is 0 Å². The molecule has 1 N–H and O–H groups in total. The number of rotatable bonds is 3. The van der Waals surface area contributed by atoms with Gasteiger partial charge in [-0.05, 0) is 18.1 Å². The maximum atomic E-state index is 9.53. The van der Waals surface area contributed by atoms with Gasteiger partial charge in [0, 0.05) is 10.9 Å². The SMILES string of the molecule is O[C@@H](CCCl)c1ccccc1Cl. The number of benzene rings is 1. The number of hydrogen-bond acceptors (Lipinski definition) is 1. The van der Waals surface area contributed by atoms with Crippen LogP contribution in [0.15, 0.2) is 24.3 Å². The van der Waals surface area contributed by atoms with E-state index in [1.165, 1.54) is 0 Å². The van der Waals surface area contributed by atoms with Gasteiger partial charge in [-0.15, -0.1) is 11.6 Å². The molecule has 0 unspecified atom stereocenters. The highest BCUT2D eigenvalue weighted by atomic mass is 35.5. The molecule has 1 rings (SSSR count). The van der Waals surface area contributed by atoms with E-state index in [2.05, 4.69) is 0 Å². The van der Waals surface area contributed by atoms with Crippen LogP contribution in [0.4, 0.5) is 0 Å². The second-order valence-corrected chi connectivity index (χ2v) is 3.30. The van der Waals surface area contributed by atoms with Gasteiger partial charge in [0.2, 0.25) is 0 Å². The average Bonchev–Trinajstić information content (AvgIpc) is 2.05. The van der Waals surface area contributed by atoms with Crippen molar-refractivity contribution < 1.29 is 5.11 Å². The highest BCUT2D eigenvalue weighted by Gasteiger charge is 2.09. The normalized spacial score (nSPS) is 12.9. The summed E-state index contributed by atoms with van der Waals surface area (Å²) < 4.78 is 0. The molecule has 0 amide bonds. The van der Waals surface area contributed by atoms with E-state index < -0.39 is 6.10 Å². The molecule has 3 heteroatoms. The molecule has 1 atom stereocenters. The van der Waals surface area contributed by atoms with Crippen molar-refractivity contribution >= 4 is 23.2 Å². The Morgan fingerprint density at radius 1 is 1.33 bits per heavy atom. The van der Waals surface area contributed by atoms with Crippen molar-refractivity contribution in [3.05, 3.63) is 34.9 Å². The molecular weight excluding hydrogens is 195 g/mol. The van der Waals surface area contributed by atoms with Crippen LogP contribution < -0.4 is 0 Å². The van der Waals surface area contributed by atoms with Crippen molar-refractivity contribution in [3.8, 4) is 0 Å². The summed E-state index contributed by atoms with van der Waals surface area (Å²) in [6, 6.07) is 7.24. The van der Waals surface area contributed by atoms with Crippen molar-refractivity contribution in [2.24, 2.45) is 0 Å². The van der Waals surface area contributed by atoms with Gasteiger partial charge in [0.1, 0.15) is 0 Å². The molecule has 0 spiro atoms. The number of alkyl halides is 1. The molecule has 1 aromatic carbocycles. The second-order valence-electron chi connectivity index (χ2n) is 2.51. The first-order valence-corrected chi connectivity index (χ1v) is 4.65. The summed E-state index contributed by atoms with van der Waals surface area (Å²) in [4.78, 5) is 0. The smallest absolute Gasteiger partial charge is 0.0815 e. The first-order valence-electron chi connectivity index (χ1n) is 3.74. The van der Waals surface area contributed by atoms with Crippen molar-refractivity contribution in [1.29, 1.82) is 0 Å². The van der Waals surface area contributed by atoms with Gasteiger partial charge < -0.3 is 5.11 Å². The molecule has 1 nitrogen and oxygen atoms in total. The van der Waals surface area contributed by atoms with Crippen LogP contribution in [0.2, 0.25) is 5.02 Å². The molecule has 0 fully saturated rings. The van der Waals surface area contributed by atoms with Gasteiger partial charge in [-0.2, -0.15) is 0 Å². The van der Waals surface area contributed by atoms with E-state index in [-0.39, 0.29) is 0 Å². The molecule has 12 heavy (non-hydrogen) atoms. The second kappa shape index (κ2) is 4.70. The van der Waals surface area contributed by atoms with Gasteiger partial charge in [-0.3, -0.25) is 0 Å². The molecule has 0 radical (unpaired) electrons. The van der Waals surface area contributed by atoms with Crippen LogP contribution in [0.3, 0.4) is 0 Å². The average molecular weight is 205 g/mol. The van der Waals surface area contributed by atoms with Crippen LogP contribution >= 0.6 is 23.2 Å². The summed E-state index contributed by atoms with van der Waals surface area (Å²) in [6.07, 6.45) is -0.0122. The lowest BCUT2D eigenvalue weighted by Gasteiger charge is -2.09. The minimum atomic E-state index is -0.545. The Kier molecular flexibility index (Phi) is 3.86. The van der Waals surface area contributed by atoms with Gasteiger partial charge in [0.25, 0.3) is 0 Å². The highest BCUT2D eigenvalue weighted by Crippen LogP contribution is 2.24. The Labute approximate surface area is 81.9 Å². The van der Waals surface area contributed by atoms with Crippen LogP contribution in [0.25, 0.3) is 0 Å². The monoisotopic (exact) mass is 204 g/mol. The Morgan fingerprint density at radius 2 is 2.00 bits per heavy atom. The van der Waals surface area contributed by atoms with Crippen molar-refractivity contribution in [2.75, 3.05) is 5.88 Å². The fourth-order valence-electron chi connectivity index (χ4n) is 1.00. The molecule has 0 aliphatic heterocycles. The summed E-state index contributed by atoms with van der Waals surface area (Å²) in [5, 5.41) is 10.1. The third-order valence-corrected chi connectivity index (χ3v) is 2.21. The standard InChI is InChI=1S/C9H10Cl2O/c10-6-5-9(12)7-3-1-2-4-8(7)11/h1-4,9,12H,5-6H2/t9-/m0/s1. The summed E-state index contributed by atoms with van der Waals surface area (Å²) >= 11 is 11.3. The van der Waals surface area contributed by atoms with Gasteiger partial charge in [-0.1, -0.05) is 29.8 Å². The lowest BCUT2D eigenvalue weighted by Crippen LogP contribution is -1.98. The number of aliphatic hydroxyl groups is 1. The van der Waals surface area contributed by atoms with Crippen LogP contribution in [-0.2, 0) is 0 Å². The maximum Gasteiger partial charge on any atom is 0.0815 e. The molecule has 0 aliphatic rings. The topological polar surface area (TPSA) is 20.2 Å². The fourth-order valence-corrected chi connectivity index (χ4v) is 1.47.